The topological polar surface area (TPSA) is 189 Å². The van der Waals surface area contributed by atoms with E-state index in [9.17, 15) is 29.4 Å². The van der Waals surface area contributed by atoms with E-state index in [4.69, 9.17) is 0 Å². The van der Waals surface area contributed by atoms with Gasteiger partial charge in [0.1, 0.15) is 0 Å². The number of aromatic nitrogens is 3. The van der Waals surface area contributed by atoms with Crippen molar-refractivity contribution in [3.63, 3.8) is 0 Å². The summed E-state index contributed by atoms with van der Waals surface area (Å²) in [7, 11) is 0. The summed E-state index contributed by atoms with van der Waals surface area (Å²) in [4.78, 5) is 63.1. The summed E-state index contributed by atoms with van der Waals surface area (Å²) in [5.74, 6) is -2.08. The fourth-order valence-electron chi connectivity index (χ4n) is 9.83. The lowest BCUT2D eigenvalue weighted by atomic mass is 9.70. The number of benzene rings is 3. The first-order valence-corrected chi connectivity index (χ1v) is 19.9. The molecule has 12 heteroatoms. The van der Waals surface area contributed by atoms with Crippen LogP contribution in [0.15, 0.2) is 89.5 Å². The first-order chi connectivity index (χ1) is 27.9. The van der Waals surface area contributed by atoms with Gasteiger partial charge < -0.3 is 35.8 Å². The largest absolute Gasteiger partial charge is 0.545 e. The number of carboxylic acid groups (broad SMARTS) is 2. The monoisotopic (exact) mass is 790 g/mol. The Labute approximate surface area is 343 Å². The molecule has 0 amide bonds. The van der Waals surface area contributed by atoms with Crippen LogP contribution in [-0.2, 0) is 19.2 Å². The molecule has 1 aromatic heterocycles. The average Bonchev–Trinajstić information content (AvgIpc) is 3.67. The molecule has 4 unspecified atom stereocenters. The predicted octanol–water partition coefficient (Wildman–Crippen LogP) is 6.80. The van der Waals surface area contributed by atoms with Gasteiger partial charge in [0, 0.05) is 33.5 Å². The lowest BCUT2D eigenvalue weighted by molar-refractivity contribution is -0.311. The minimum absolute atomic E-state index is 0.0719. The zero-order valence-electron chi connectivity index (χ0n) is 33.9. The molecule has 4 aliphatic rings. The van der Waals surface area contributed by atoms with Crippen LogP contribution >= 0.6 is 0 Å². The Kier molecular flexibility index (Phi) is 9.44. The van der Waals surface area contributed by atoms with Crippen molar-refractivity contribution in [2.24, 2.45) is 33.5 Å². The van der Waals surface area contributed by atoms with E-state index in [1.165, 1.54) is 12.1 Å². The quantitative estimate of drug-likeness (QED) is 0.0820. The highest BCUT2D eigenvalue weighted by Crippen LogP contribution is 2.66. The lowest BCUT2D eigenvalue weighted by Crippen LogP contribution is -2.36. The second kappa shape index (κ2) is 14.1. The average molecular weight is 791 g/mol. The summed E-state index contributed by atoms with van der Waals surface area (Å²) in [6.45, 7) is 13.0. The highest BCUT2D eigenvalue weighted by molar-refractivity contribution is 6.14. The maximum absolute atomic E-state index is 13.4. The summed E-state index contributed by atoms with van der Waals surface area (Å²) in [6, 6.07) is 21.7. The fourth-order valence-corrected chi connectivity index (χ4v) is 9.83. The van der Waals surface area contributed by atoms with Crippen molar-refractivity contribution in [2.45, 2.75) is 67.2 Å². The molecule has 59 heavy (non-hydrogen) atoms. The molecule has 8 rings (SSSR count). The van der Waals surface area contributed by atoms with E-state index in [0.717, 1.165) is 54.0 Å². The molecule has 4 bridgehead atoms. The van der Waals surface area contributed by atoms with Crippen LogP contribution in [-0.4, -0.2) is 38.5 Å². The van der Waals surface area contributed by atoms with Crippen LogP contribution < -0.4 is 26.2 Å². The number of Topliss-reactive ketones (excluding diaryl/α,β-unsaturated/α-hetero) is 2. The van der Waals surface area contributed by atoms with Gasteiger partial charge in [-0.25, -0.2) is 0 Å². The van der Waals surface area contributed by atoms with E-state index in [0.29, 0.717) is 22.6 Å². The number of aliphatic carboxylic acids is 2. The number of nitrogens with one attached hydrogen (secondary N) is 3. The molecule has 4 atom stereocenters. The summed E-state index contributed by atoms with van der Waals surface area (Å²) in [5.41, 5.74) is 4.14. The van der Waals surface area contributed by atoms with Crippen LogP contribution in [0.4, 0.5) is 34.9 Å². The second-order valence-corrected chi connectivity index (χ2v) is 17.8. The van der Waals surface area contributed by atoms with Gasteiger partial charge in [0.05, 0.1) is 11.9 Å². The molecule has 0 radical (unpaired) electrons. The normalized spacial score (nSPS) is 26.0. The van der Waals surface area contributed by atoms with Crippen LogP contribution in [0.2, 0.25) is 0 Å². The molecule has 0 saturated heterocycles. The van der Waals surface area contributed by atoms with Crippen LogP contribution in [0.3, 0.4) is 0 Å². The van der Waals surface area contributed by atoms with Gasteiger partial charge in [-0.1, -0.05) is 77.9 Å². The van der Waals surface area contributed by atoms with E-state index in [2.05, 4.69) is 72.4 Å². The summed E-state index contributed by atoms with van der Waals surface area (Å²) < 4.78 is 0. The number of carbonyl (C=O) groups excluding carboxylic acids is 4. The SMILES string of the molecule is CC12CCC(/C(=C\c3ccc(Nc4nc(Nc5ccc(C=C(C(=O)[O-])C(=O)[O-])cc5)nc(Nc5ccc(/C=C6/C(=O)C7(C)CCC6C7(C)C)cc5)n4)cc3)C1=O)C2(C)C. The van der Waals surface area contributed by atoms with E-state index >= 15 is 0 Å². The molecule has 4 aliphatic carbocycles. The van der Waals surface area contributed by atoms with Crippen molar-refractivity contribution in [3.05, 3.63) is 106 Å². The van der Waals surface area contributed by atoms with Gasteiger partial charge in [0.15, 0.2) is 11.6 Å². The summed E-state index contributed by atoms with van der Waals surface area (Å²) in [5, 5.41) is 32.1. The highest BCUT2D eigenvalue weighted by atomic mass is 16.4. The third kappa shape index (κ3) is 6.70. The number of rotatable bonds is 11. The Morgan fingerprint density at radius 1 is 0.559 bits per heavy atom. The first-order valence-electron chi connectivity index (χ1n) is 19.9. The Morgan fingerprint density at radius 3 is 1.17 bits per heavy atom. The number of hydrogen-bond acceptors (Lipinski definition) is 12. The van der Waals surface area contributed by atoms with E-state index in [-0.39, 0.29) is 62.9 Å². The van der Waals surface area contributed by atoms with Crippen LogP contribution in [0.1, 0.15) is 83.9 Å². The number of hydrogen-bond donors (Lipinski definition) is 3. The van der Waals surface area contributed by atoms with Gasteiger partial charge in [-0.3, -0.25) is 9.59 Å². The van der Waals surface area contributed by atoms with Gasteiger partial charge in [-0.2, -0.15) is 15.0 Å². The molecule has 4 aromatic rings. The number of nitrogens with zero attached hydrogens (tertiary/aromatic N) is 3. The van der Waals surface area contributed by atoms with Gasteiger partial charge in [0.25, 0.3) is 0 Å². The standard InChI is InChI=1S/C47H48N6O6/c1-44(2)35-19-21-46(44,5)37(54)32(35)23-26-7-13-29(14-8-26)48-41-51-42(53-43(52-41)50-31-17-11-28(12-18-31)25-34(39(56)57)40(58)59)49-30-15-9-27(10-16-30)24-33-36-20-22-47(6,38(33)55)45(36,3)4/h7-18,23-25,35-36H,19-22H2,1-6H3,(H,56,57)(H,58,59)(H3,48,49,50,51,52,53)/p-2/b32-23+,33-24+. The molecule has 302 valence electrons. The zero-order valence-corrected chi connectivity index (χ0v) is 33.9. The lowest BCUT2D eigenvalue weighted by Gasteiger charge is -2.31. The summed E-state index contributed by atoms with van der Waals surface area (Å²) >= 11 is 0. The zero-order chi connectivity index (χ0) is 42.1. The minimum atomic E-state index is -1.85. The molecule has 0 aliphatic heterocycles. The van der Waals surface area contributed by atoms with Gasteiger partial charge in [-0.15, -0.1) is 0 Å². The second-order valence-electron chi connectivity index (χ2n) is 17.8. The third-order valence-corrected chi connectivity index (χ3v) is 14.3. The molecular weight excluding hydrogens is 745 g/mol. The third-order valence-electron chi connectivity index (χ3n) is 14.3. The molecule has 12 nitrogen and oxygen atoms in total. The smallest absolute Gasteiger partial charge is 0.233 e. The van der Waals surface area contributed by atoms with E-state index < -0.39 is 17.5 Å². The van der Waals surface area contributed by atoms with E-state index in [1.54, 1.807) is 12.1 Å². The van der Waals surface area contributed by atoms with Crippen molar-refractivity contribution in [2.75, 3.05) is 16.0 Å². The maximum Gasteiger partial charge on any atom is 0.233 e. The molecule has 3 aromatic carbocycles. The van der Waals surface area contributed by atoms with Crippen molar-refractivity contribution in [1.29, 1.82) is 0 Å². The Bertz CT molecular complexity index is 2360. The Hall–Kier alpha value is -6.43. The van der Waals surface area contributed by atoms with E-state index in [1.807, 2.05) is 60.7 Å². The molecule has 4 fully saturated rings. The van der Waals surface area contributed by atoms with Gasteiger partial charge >= 0.3 is 0 Å². The van der Waals surface area contributed by atoms with Gasteiger partial charge in [-0.05, 0) is 131 Å². The number of fused-ring (bicyclic) bond motifs is 4. The molecule has 0 spiro atoms. The molecule has 1 heterocycles. The summed E-state index contributed by atoms with van der Waals surface area (Å²) in [6.07, 6.45) is 8.88. The Morgan fingerprint density at radius 2 is 0.881 bits per heavy atom. The Balaban J connectivity index is 1.04. The van der Waals surface area contributed by atoms with Crippen LogP contribution in [0.5, 0.6) is 0 Å². The number of carbonyl (C=O) groups is 4. The van der Waals surface area contributed by atoms with Gasteiger partial charge in [0.2, 0.25) is 17.8 Å². The number of anilines is 6. The van der Waals surface area contributed by atoms with Crippen molar-refractivity contribution < 1.29 is 29.4 Å². The number of carboxylic acids is 2. The van der Waals surface area contributed by atoms with Crippen LogP contribution in [0.25, 0.3) is 18.2 Å². The van der Waals surface area contributed by atoms with Crippen molar-refractivity contribution in [3.8, 4) is 0 Å². The molecule has 4 saturated carbocycles. The first kappa shape index (κ1) is 39.4. The predicted molar refractivity (Wildman–Crippen MR) is 222 cm³/mol. The van der Waals surface area contributed by atoms with Crippen LogP contribution in [0, 0.1) is 33.5 Å². The van der Waals surface area contributed by atoms with Crippen molar-refractivity contribution in [1.82, 2.24) is 15.0 Å². The molecule has 3 N–H and O–H groups in total. The fraction of sp³-hybridized carbons (Fsp3) is 0.340. The number of ketones is 2. The van der Waals surface area contributed by atoms with Crippen molar-refractivity contribution >= 4 is 76.6 Å². The molecular formula is C47H46N6O6-2. The minimum Gasteiger partial charge on any atom is -0.545 e. The number of allylic oxidation sites excluding steroid dienone is 2. The highest BCUT2D eigenvalue weighted by Gasteiger charge is 2.64. The maximum atomic E-state index is 13.4.